The van der Waals surface area contributed by atoms with E-state index in [1.807, 2.05) is 0 Å². The lowest BCUT2D eigenvalue weighted by Crippen LogP contribution is -2.48. The highest BCUT2D eigenvalue weighted by Gasteiger charge is 2.30. The molecule has 0 saturated heterocycles. The number of carbonyl (C=O) groups excluding carboxylic acids is 3. The van der Waals surface area contributed by atoms with Crippen LogP contribution >= 0.6 is 0 Å². The van der Waals surface area contributed by atoms with E-state index in [-0.39, 0.29) is 25.3 Å². The van der Waals surface area contributed by atoms with Crippen LogP contribution in [0.2, 0.25) is 0 Å². The molecule has 8 nitrogen and oxygen atoms in total. The minimum Gasteiger partial charge on any atom is -0.454 e. The second kappa shape index (κ2) is 9.15. The van der Waals surface area contributed by atoms with Gasteiger partial charge >= 0.3 is 5.97 Å². The topological polar surface area (TPSA) is 103 Å². The van der Waals surface area contributed by atoms with Crippen LogP contribution < -0.4 is 20.1 Å². The molecule has 4 atom stereocenters. The quantitative estimate of drug-likeness (QED) is 0.703. The molecule has 0 spiro atoms. The van der Waals surface area contributed by atoms with Crippen LogP contribution in [0.4, 0.5) is 0 Å². The fourth-order valence-electron chi connectivity index (χ4n) is 3.67. The van der Waals surface area contributed by atoms with Gasteiger partial charge in [0.2, 0.25) is 6.79 Å². The molecule has 1 aliphatic carbocycles. The lowest BCUT2D eigenvalue weighted by molar-refractivity contribution is -0.154. The molecule has 0 bridgehead atoms. The Bertz CT molecular complexity index is 780. The summed E-state index contributed by atoms with van der Waals surface area (Å²) >= 11 is 0. The molecule has 2 N–H and O–H groups in total. The van der Waals surface area contributed by atoms with Gasteiger partial charge in [-0.3, -0.25) is 14.4 Å². The van der Waals surface area contributed by atoms with Crippen LogP contribution in [0.1, 0.15) is 50.4 Å². The number of rotatable bonds is 6. The fraction of sp³-hybridized carbons (Fsp3) is 0.571. The molecule has 1 aromatic carbocycles. The van der Waals surface area contributed by atoms with E-state index in [0.29, 0.717) is 28.9 Å². The molecule has 29 heavy (non-hydrogen) atoms. The first-order valence-corrected chi connectivity index (χ1v) is 10.0. The van der Waals surface area contributed by atoms with Crippen molar-refractivity contribution in [2.75, 3.05) is 13.3 Å². The molecule has 0 unspecified atom stereocenters. The molecule has 0 aromatic heterocycles. The summed E-state index contributed by atoms with van der Waals surface area (Å²) < 4.78 is 15.6. The molecule has 2 aliphatic rings. The number of fused-ring (bicyclic) bond motifs is 1. The molecular weight excluding hydrogens is 376 g/mol. The third kappa shape index (κ3) is 5.19. The third-order valence-corrected chi connectivity index (χ3v) is 5.74. The van der Waals surface area contributed by atoms with E-state index >= 15 is 0 Å². The zero-order valence-corrected chi connectivity index (χ0v) is 17.0. The molecular formula is C21H28N2O6. The largest absolute Gasteiger partial charge is 0.454 e. The first-order valence-electron chi connectivity index (χ1n) is 10.0. The van der Waals surface area contributed by atoms with E-state index in [1.54, 1.807) is 18.2 Å². The number of amides is 2. The van der Waals surface area contributed by atoms with Crippen molar-refractivity contribution in [3.8, 4) is 11.5 Å². The van der Waals surface area contributed by atoms with Gasteiger partial charge in [0, 0.05) is 11.6 Å². The summed E-state index contributed by atoms with van der Waals surface area (Å²) in [6.07, 6.45) is 2.26. The Morgan fingerprint density at radius 3 is 2.72 bits per heavy atom. The summed E-state index contributed by atoms with van der Waals surface area (Å²) in [5, 5.41) is 5.48. The Morgan fingerprint density at radius 1 is 1.17 bits per heavy atom. The molecule has 2 amide bonds. The first kappa shape index (κ1) is 21.0. The summed E-state index contributed by atoms with van der Waals surface area (Å²) in [4.78, 5) is 36.6. The number of esters is 1. The minimum absolute atomic E-state index is 0.0955. The Kier molecular flexibility index (Phi) is 6.61. The smallest absolute Gasteiger partial charge is 0.326 e. The number of ether oxygens (including phenoxy) is 3. The maximum atomic E-state index is 12.4. The molecule has 1 aromatic rings. The van der Waals surface area contributed by atoms with Gasteiger partial charge in [-0.05, 0) is 43.4 Å². The lowest BCUT2D eigenvalue weighted by atomic mass is 9.78. The highest BCUT2D eigenvalue weighted by atomic mass is 16.7. The van der Waals surface area contributed by atoms with Gasteiger partial charge in [-0.1, -0.05) is 26.7 Å². The van der Waals surface area contributed by atoms with E-state index in [0.717, 1.165) is 12.8 Å². The van der Waals surface area contributed by atoms with Gasteiger partial charge < -0.3 is 24.8 Å². The van der Waals surface area contributed by atoms with Crippen molar-refractivity contribution in [3.63, 3.8) is 0 Å². The third-order valence-electron chi connectivity index (χ3n) is 5.74. The van der Waals surface area contributed by atoms with Crippen LogP contribution in [0.5, 0.6) is 11.5 Å². The average molecular weight is 404 g/mol. The highest BCUT2D eigenvalue weighted by Crippen LogP contribution is 2.32. The number of carbonyl (C=O) groups is 3. The molecule has 0 radical (unpaired) electrons. The molecule has 1 fully saturated rings. The lowest BCUT2D eigenvalue weighted by Gasteiger charge is -2.35. The monoisotopic (exact) mass is 404 g/mol. The van der Waals surface area contributed by atoms with Crippen LogP contribution in [0.15, 0.2) is 18.2 Å². The zero-order valence-electron chi connectivity index (χ0n) is 17.0. The van der Waals surface area contributed by atoms with Gasteiger partial charge in [0.05, 0.1) is 0 Å². The number of benzene rings is 1. The minimum atomic E-state index is -0.922. The Balaban J connectivity index is 1.43. The van der Waals surface area contributed by atoms with Gasteiger partial charge in [-0.25, -0.2) is 0 Å². The van der Waals surface area contributed by atoms with Crippen LogP contribution in [0.3, 0.4) is 0 Å². The van der Waals surface area contributed by atoms with Gasteiger partial charge in [-0.2, -0.15) is 0 Å². The summed E-state index contributed by atoms with van der Waals surface area (Å²) in [7, 11) is 0. The van der Waals surface area contributed by atoms with E-state index in [9.17, 15) is 14.4 Å². The Hall–Kier alpha value is -2.77. The number of nitrogens with one attached hydrogen (secondary N) is 2. The second-order valence-electron chi connectivity index (χ2n) is 7.77. The summed E-state index contributed by atoms with van der Waals surface area (Å²) in [5.41, 5.74) is 0.341. The van der Waals surface area contributed by atoms with Crippen molar-refractivity contribution < 1.29 is 28.6 Å². The zero-order chi connectivity index (χ0) is 21.0. The summed E-state index contributed by atoms with van der Waals surface area (Å²) in [6, 6.07) is 4.86. The van der Waals surface area contributed by atoms with Gasteiger partial charge in [0.15, 0.2) is 17.6 Å². The maximum Gasteiger partial charge on any atom is 0.326 e. The number of hydrogen-bond donors (Lipinski definition) is 2. The van der Waals surface area contributed by atoms with Gasteiger partial charge in [0.1, 0.15) is 6.54 Å². The standard InChI is InChI=1S/C21H28N2O6/c1-12-5-4-6-16(13(12)2)23-20(25)14(3)29-19(24)10-22-21(26)15-7-8-17-18(9-15)28-11-27-17/h7-9,12-14,16H,4-6,10-11H2,1-3H3,(H,22,26)(H,23,25)/t12-,13-,14-,16+/m1/s1. The molecule has 1 saturated carbocycles. The Morgan fingerprint density at radius 2 is 1.93 bits per heavy atom. The summed E-state index contributed by atoms with van der Waals surface area (Å²) in [6.45, 7) is 5.64. The van der Waals surface area contributed by atoms with Crippen molar-refractivity contribution in [1.82, 2.24) is 10.6 Å². The van der Waals surface area contributed by atoms with E-state index in [1.165, 1.54) is 13.3 Å². The molecule has 3 rings (SSSR count). The SMILES string of the molecule is C[C@@H]1[C@H](C)CCC[C@@H]1NC(=O)[C@@H](C)OC(=O)CNC(=O)c1ccc2c(c1)OCO2. The fourth-order valence-corrected chi connectivity index (χ4v) is 3.67. The predicted molar refractivity (Wildman–Crippen MR) is 105 cm³/mol. The van der Waals surface area contributed by atoms with E-state index in [2.05, 4.69) is 24.5 Å². The molecule has 158 valence electrons. The van der Waals surface area contributed by atoms with Gasteiger partial charge in [0.25, 0.3) is 11.8 Å². The Labute approximate surface area is 170 Å². The summed E-state index contributed by atoms with van der Waals surface area (Å²) in [5.74, 6) is 0.565. The predicted octanol–water partition coefficient (Wildman–Crippen LogP) is 2.02. The van der Waals surface area contributed by atoms with Crippen LogP contribution in [0.25, 0.3) is 0 Å². The average Bonchev–Trinajstić information content (AvgIpc) is 3.17. The molecule has 8 heteroatoms. The van der Waals surface area contributed by atoms with Crippen molar-refractivity contribution in [2.45, 2.75) is 52.2 Å². The van der Waals surface area contributed by atoms with Gasteiger partial charge in [-0.15, -0.1) is 0 Å². The maximum absolute atomic E-state index is 12.4. The van der Waals surface area contributed by atoms with E-state index < -0.39 is 18.0 Å². The highest BCUT2D eigenvalue weighted by molar-refractivity contribution is 5.96. The van der Waals surface area contributed by atoms with Crippen molar-refractivity contribution >= 4 is 17.8 Å². The van der Waals surface area contributed by atoms with Crippen molar-refractivity contribution in [1.29, 1.82) is 0 Å². The normalized spacial score (nSPS) is 23.8. The second-order valence-corrected chi connectivity index (χ2v) is 7.77. The van der Waals surface area contributed by atoms with Crippen LogP contribution in [0, 0.1) is 11.8 Å². The molecule has 1 aliphatic heterocycles. The first-order chi connectivity index (χ1) is 13.8. The van der Waals surface area contributed by atoms with Crippen LogP contribution in [-0.4, -0.2) is 43.3 Å². The van der Waals surface area contributed by atoms with Crippen LogP contribution in [-0.2, 0) is 14.3 Å². The van der Waals surface area contributed by atoms with Crippen molar-refractivity contribution in [2.24, 2.45) is 11.8 Å². The van der Waals surface area contributed by atoms with Crippen molar-refractivity contribution in [3.05, 3.63) is 23.8 Å². The molecule has 1 heterocycles. The van der Waals surface area contributed by atoms with E-state index in [4.69, 9.17) is 14.2 Å². The number of hydrogen-bond acceptors (Lipinski definition) is 6.